The molecule has 0 amide bonds. The van der Waals surface area contributed by atoms with Crippen molar-refractivity contribution in [3.05, 3.63) is 33.9 Å². The van der Waals surface area contributed by atoms with Crippen molar-refractivity contribution in [2.75, 3.05) is 6.54 Å². The van der Waals surface area contributed by atoms with Crippen molar-refractivity contribution in [1.82, 2.24) is 14.5 Å². The van der Waals surface area contributed by atoms with Crippen LogP contribution in [-0.2, 0) is 16.6 Å². The molecule has 1 N–H and O–H groups in total. The molecule has 0 aliphatic carbocycles. The topological polar surface area (TPSA) is 64.0 Å². The summed E-state index contributed by atoms with van der Waals surface area (Å²) in [6, 6.07) is 3.46. The van der Waals surface area contributed by atoms with Crippen LogP contribution >= 0.6 is 27.3 Å². The minimum absolute atomic E-state index is 0.318. The van der Waals surface area contributed by atoms with E-state index in [9.17, 15) is 8.42 Å². The Hall–Kier alpha value is -0.700. The van der Waals surface area contributed by atoms with Gasteiger partial charge in [0.15, 0.2) is 0 Å². The molecule has 0 bridgehead atoms. The molecule has 0 fully saturated rings. The predicted molar refractivity (Wildman–Crippen MR) is 74.2 cm³/mol. The fourth-order valence-electron chi connectivity index (χ4n) is 1.36. The number of rotatable bonds is 5. The Morgan fingerprint density at radius 3 is 2.89 bits per heavy atom. The van der Waals surface area contributed by atoms with Crippen LogP contribution in [0.5, 0.6) is 0 Å². The molecule has 2 aromatic rings. The van der Waals surface area contributed by atoms with Crippen molar-refractivity contribution < 1.29 is 8.42 Å². The predicted octanol–water partition coefficient (Wildman–Crippen LogP) is 1.99. The minimum Gasteiger partial charge on any atom is -0.271 e. The van der Waals surface area contributed by atoms with E-state index in [0.717, 1.165) is 9.35 Å². The van der Waals surface area contributed by atoms with E-state index in [1.165, 1.54) is 11.3 Å². The number of hydrogen-bond donors (Lipinski definition) is 1. The molecule has 18 heavy (non-hydrogen) atoms. The molecule has 0 spiro atoms. The van der Waals surface area contributed by atoms with Crippen LogP contribution in [-0.4, -0.2) is 24.7 Å². The van der Waals surface area contributed by atoms with Crippen LogP contribution in [0.25, 0.3) is 0 Å². The van der Waals surface area contributed by atoms with Crippen molar-refractivity contribution in [2.45, 2.75) is 17.7 Å². The van der Waals surface area contributed by atoms with Crippen LogP contribution in [0.3, 0.4) is 0 Å². The molecule has 0 aliphatic rings. The summed E-state index contributed by atoms with van der Waals surface area (Å²) in [4.78, 5) is 0. The lowest BCUT2D eigenvalue weighted by molar-refractivity contribution is 0.562. The van der Waals surface area contributed by atoms with Gasteiger partial charge in [0.2, 0.25) is 10.0 Å². The normalized spacial score (nSPS) is 11.9. The molecule has 98 valence electrons. The second kappa shape index (κ2) is 5.52. The molecule has 0 saturated carbocycles. The van der Waals surface area contributed by atoms with Crippen LogP contribution < -0.4 is 4.72 Å². The molecule has 5 nitrogen and oxygen atoms in total. The lowest BCUT2D eigenvalue weighted by atomic mass is 10.4. The highest BCUT2D eigenvalue weighted by Crippen LogP contribution is 2.30. The van der Waals surface area contributed by atoms with Gasteiger partial charge in [0, 0.05) is 18.9 Å². The minimum atomic E-state index is -3.42. The maximum Gasteiger partial charge on any atom is 0.250 e. The largest absolute Gasteiger partial charge is 0.271 e. The van der Waals surface area contributed by atoms with Crippen LogP contribution in [0.15, 0.2) is 32.5 Å². The van der Waals surface area contributed by atoms with Gasteiger partial charge >= 0.3 is 0 Å². The van der Waals surface area contributed by atoms with Gasteiger partial charge in [-0.1, -0.05) is 0 Å². The standard InChI is InChI=1S/C10H12BrN3O2S2/c1-8-7-9(17-10(8)11)18(15,16)13-4-6-14-5-2-3-12-14/h2-3,5,7,13H,4,6H2,1H3. The monoisotopic (exact) mass is 349 g/mol. The fraction of sp³-hybridized carbons (Fsp3) is 0.300. The van der Waals surface area contributed by atoms with E-state index in [4.69, 9.17) is 0 Å². The number of sulfonamides is 1. The molecular weight excluding hydrogens is 338 g/mol. The lowest BCUT2D eigenvalue weighted by Gasteiger charge is -2.04. The van der Waals surface area contributed by atoms with Crippen LogP contribution in [0.4, 0.5) is 0 Å². The molecule has 0 aromatic carbocycles. The second-order valence-corrected chi connectivity index (χ2v) is 8.05. The summed E-state index contributed by atoms with van der Waals surface area (Å²) in [6.45, 7) is 2.69. The summed E-state index contributed by atoms with van der Waals surface area (Å²) in [5.41, 5.74) is 0.924. The van der Waals surface area contributed by atoms with E-state index in [1.807, 2.05) is 6.92 Å². The Morgan fingerprint density at radius 2 is 2.33 bits per heavy atom. The smallest absolute Gasteiger partial charge is 0.250 e. The quantitative estimate of drug-likeness (QED) is 0.897. The number of hydrogen-bond acceptors (Lipinski definition) is 4. The first-order chi connectivity index (χ1) is 8.49. The first-order valence-corrected chi connectivity index (χ1v) is 8.31. The molecule has 0 saturated heterocycles. The van der Waals surface area contributed by atoms with Gasteiger partial charge in [0.25, 0.3) is 0 Å². The number of aromatic nitrogens is 2. The van der Waals surface area contributed by atoms with Gasteiger partial charge in [0.1, 0.15) is 4.21 Å². The summed E-state index contributed by atoms with van der Waals surface area (Å²) < 4.78 is 29.4. The number of nitrogens with one attached hydrogen (secondary N) is 1. The van der Waals surface area contributed by atoms with Gasteiger partial charge in [-0.15, -0.1) is 11.3 Å². The summed E-state index contributed by atoms with van der Waals surface area (Å²) in [7, 11) is -3.42. The zero-order valence-electron chi connectivity index (χ0n) is 9.63. The average molecular weight is 350 g/mol. The molecule has 0 atom stereocenters. The fourth-order valence-corrected chi connectivity index (χ4v) is 4.65. The molecular formula is C10H12BrN3O2S2. The number of aryl methyl sites for hydroxylation is 1. The first-order valence-electron chi connectivity index (χ1n) is 5.22. The molecule has 0 radical (unpaired) electrons. The van der Waals surface area contributed by atoms with E-state index in [0.29, 0.717) is 17.3 Å². The highest BCUT2D eigenvalue weighted by Gasteiger charge is 2.17. The van der Waals surface area contributed by atoms with Crippen LogP contribution in [0.2, 0.25) is 0 Å². The van der Waals surface area contributed by atoms with E-state index < -0.39 is 10.0 Å². The van der Waals surface area contributed by atoms with E-state index in [1.54, 1.807) is 29.2 Å². The van der Waals surface area contributed by atoms with Crippen molar-refractivity contribution in [3.8, 4) is 0 Å². The highest BCUT2D eigenvalue weighted by atomic mass is 79.9. The lowest BCUT2D eigenvalue weighted by Crippen LogP contribution is -2.26. The van der Waals surface area contributed by atoms with Gasteiger partial charge < -0.3 is 0 Å². The van der Waals surface area contributed by atoms with Crippen LogP contribution in [0, 0.1) is 6.92 Å². The first kappa shape index (κ1) is 13.7. The molecule has 0 aliphatic heterocycles. The number of thiophene rings is 1. The van der Waals surface area contributed by atoms with Gasteiger partial charge in [-0.25, -0.2) is 13.1 Å². The van der Waals surface area contributed by atoms with Gasteiger partial charge in [-0.05, 0) is 40.5 Å². The molecule has 2 heterocycles. The average Bonchev–Trinajstić information content (AvgIpc) is 2.90. The van der Waals surface area contributed by atoms with Gasteiger partial charge in [0.05, 0.1) is 10.3 Å². The summed E-state index contributed by atoms with van der Waals surface area (Å²) in [5, 5.41) is 4.00. The Kier molecular flexibility index (Phi) is 4.21. The van der Waals surface area contributed by atoms with Crippen molar-refractivity contribution >= 4 is 37.3 Å². The maximum atomic E-state index is 12.0. The SMILES string of the molecule is Cc1cc(S(=O)(=O)NCCn2cccn2)sc1Br. The van der Waals surface area contributed by atoms with Gasteiger partial charge in [-0.2, -0.15) is 5.10 Å². The summed E-state index contributed by atoms with van der Waals surface area (Å²) >= 11 is 4.53. The van der Waals surface area contributed by atoms with E-state index >= 15 is 0 Å². The maximum absolute atomic E-state index is 12.0. The third-order valence-corrected chi connectivity index (χ3v) is 6.36. The number of halogens is 1. The Bertz CT molecular complexity index is 600. The summed E-state index contributed by atoms with van der Waals surface area (Å²) in [6.07, 6.45) is 3.45. The van der Waals surface area contributed by atoms with Gasteiger partial charge in [-0.3, -0.25) is 4.68 Å². The van der Waals surface area contributed by atoms with Crippen molar-refractivity contribution in [3.63, 3.8) is 0 Å². The third kappa shape index (κ3) is 3.19. The zero-order valence-corrected chi connectivity index (χ0v) is 12.8. The zero-order chi connectivity index (χ0) is 13.2. The molecule has 2 rings (SSSR count). The Morgan fingerprint density at radius 1 is 1.56 bits per heavy atom. The summed E-state index contributed by atoms with van der Waals surface area (Å²) in [5.74, 6) is 0. The number of nitrogens with zero attached hydrogens (tertiary/aromatic N) is 2. The van der Waals surface area contributed by atoms with Crippen molar-refractivity contribution in [1.29, 1.82) is 0 Å². The van der Waals surface area contributed by atoms with Crippen LogP contribution in [0.1, 0.15) is 5.56 Å². The molecule has 8 heteroatoms. The molecule has 2 aromatic heterocycles. The second-order valence-electron chi connectivity index (χ2n) is 3.69. The Labute approximate surface area is 118 Å². The van der Waals surface area contributed by atoms with E-state index in [-0.39, 0.29) is 0 Å². The Balaban J connectivity index is 1.99. The third-order valence-electron chi connectivity index (χ3n) is 2.29. The highest BCUT2D eigenvalue weighted by molar-refractivity contribution is 9.11. The van der Waals surface area contributed by atoms with E-state index in [2.05, 4.69) is 25.8 Å². The van der Waals surface area contributed by atoms with Crippen molar-refractivity contribution in [2.24, 2.45) is 0 Å². The molecule has 0 unspecified atom stereocenters.